The molecule has 0 saturated carbocycles. The Hall–Kier alpha value is -2.34. The van der Waals surface area contributed by atoms with Gasteiger partial charge in [0.2, 0.25) is 5.16 Å². The van der Waals surface area contributed by atoms with Crippen LogP contribution in [0.3, 0.4) is 0 Å². The Labute approximate surface area is 152 Å². The maximum Gasteiger partial charge on any atom is 0.214 e. The van der Waals surface area contributed by atoms with Gasteiger partial charge in [-0.25, -0.2) is 0 Å². The number of hydrogen-bond donors (Lipinski definition) is 0. The van der Waals surface area contributed by atoms with E-state index in [1.807, 2.05) is 10.7 Å². The fourth-order valence-electron chi connectivity index (χ4n) is 2.70. The maximum atomic E-state index is 5.91. The standard InChI is InChI=1S/C19H22N4OS/c1-13-8-9-14(2)17(12-13)24-10-11-25-19-20-21-22-23(19)18-15(3)6-5-7-16(18)4/h5-9,12H,10-11H2,1-4H3. The molecule has 0 radical (unpaired) electrons. The molecule has 3 rings (SSSR count). The number of rotatable bonds is 6. The highest BCUT2D eigenvalue weighted by Gasteiger charge is 2.13. The first-order valence-electron chi connectivity index (χ1n) is 8.24. The van der Waals surface area contributed by atoms with Gasteiger partial charge in [0, 0.05) is 5.75 Å². The van der Waals surface area contributed by atoms with Crippen molar-refractivity contribution in [2.75, 3.05) is 12.4 Å². The van der Waals surface area contributed by atoms with Crippen LogP contribution in [0.5, 0.6) is 5.75 Å². The van der Waals surface area contributed by atoms with Crippen LogP contribution in [-0.4, -0.2) is 32.6 Å². The van der Waals surface area contributed by atoms with E-state index in [1.54, 1.807) is 11.8 Å². The predicted molar refractivity (Wildman–Crippen MR) is 101 cm³/mol. The van der Waals surface area contributed by atoms with Gasteiger partial charge in [-0.05, 0) is 66.4 Å². The molecule has 0 aliphatic heterocycles. The minimum absolute atomic E-state index is 0.606. The third-order valence-corrected chi connectivity index (χ3v) is 4.89. The lowest BCUT2D eigenvalue weighted by Gasteiger charge is -2.11. The van der Waals surface area contributed by atoms with E-state index in [-0.39, 0.29) is 0 Å². The van der Waals surface area contributed by atoms with Crippen LogP contribution in [-0.2, 0) is 0 Å². The smallest absolute Gasteiger partial charge is 0.214 e. The zero-order valence-electron chi connectivity index (χ0n) is 15.0. The second-order valence-corrected chi connectivity index (χ2v) is 7.14. The summed E-state index contributed by atoms with van der Waals surface area (Å²) in [6, 6.07) is 12.4. The van der Waals surface area contributed by atoms with E-state index in [0.717, 1.165) is 39.0 Å². The van der Waals surface area contributed by atoms with Gasteiger partial charge in [-0.3, -0.25) is 0 Å². The number of benzene rings is 2. The number of hydrogen-bond acceptors (Lipinski definition) is 5. The fourth-order valence-corrected chi connectivity index (χ4v) is 3.39. The van der Waals surface area contributed by atoms with Gasteiger partial charge < -0.3 is 4.74 Å². The minimum atomic E-state index is 0.606. The summed E-state index contributed by atoms with van der Waals surface area (Å²) in [6.45, 7) is 8.88. The highest BCUT2D eigenvalue weighted by atomic mass is 32.2. The normalized spacial score (nSPS) is 10.9. The number of tetrazole rings is 1. The average Bonchev–Trinajstić information content (AvgIpc) is 3.02. The first kappa shape index (κ1) is 17.5. The van der Waals surface area contributed by atoms with Crippen LogP contribution in [0.1, 0.15) is 22.3 Å². The number of para-hydroxylation sites is 1. The Morgan fingerprint density at radius 2 is 1.76 bits per heavy atom. The van der Waals surface area contributed by atoms with Crippen molar-refractivity contribution in [1.29, 1.82) is 0 Å². The Balaban J connectivity index is 1.66. The molecule has 3 aromatic rings. The van der Waals surface area contributed by atoms with Crippen molar-refractivity contribution >= 4 is 11.8 Å². The second kappa shape index (κ2) is 7.70. The van der Waals surface area contributed by atoms with E-state index < -0.39 is 0 Å². The molecule has 0 unspecified atom stereocenters. The first-order valence-corrected chi connectivity index (χ1v) is 9.22. The monoisotopic (exact) mass is 354 g/mol. The maximum absolute atomic E-state index is 5.91. The largest absolute Gasteiger partial charge is 0.492 e. The van der Waals surface area contributed by atoms with Gasteiger partial charge in [-0.2, -0.15) is 4.68 Å². The number of ether oxygens (including phenoxy) is 1. The van der Waals surface area contributed by atoms with Crippen LogP contribution in [0.15, 0.2) is 41.6 Å². The molecule has 2 aromatic carbocycles. The van der Waals surface area contributed by atoms with Crippen LogP contribution in [0, 0.1) is 27.7 Å². The summed E-state index contributed by atoms with van der Waals surface area (Å²) >= 11 is 1.60. The SMILES string of the molecule is Cc1ccc(C)c(OCCSc2nnnn2-c2c(C)cccc2C)c1. The molecule has 5 nitrogen and oxygen atoms in total. The summed E-state index contributed by atoms with van der Waals surface area (Å²) in [5, 5.41) is 12.9. The molecule has 0 atom stereocenters. The molecule has 130 valence electrons. The summed E-state index contributed by atoms with van der Waals surface area (Å²) in [6.07, 6.45) is 0. The van der Waals surface area contributed by atoms with E-state index >= 15 is 0 Å². The third kappa shape index (κ3) is 4.02. The average molecular weight is 354 g/mol. The van der Waals surface area contributed by atoms with E-state index in [2.05, 4.69) is 73.6 Å². The fraction of sp³-hybridized carbons (Fsp3) is 0.316. The number of aryl methyl sites for hydroxylation is 4. The second-order valence-electron chi connectivity index (χ2n) is 6.08. The highest BCUT2D eigenvalue weighted by molar-refractivity contribution is 7.99. The number of aromatic nitrogens is 4. The van der Waals surface area contributed by atoms with Gasteiger partial charge in [0.1, 0.15) is 5.75 Å². The molecule has 1 aromatic heterocycles. The molecule has 25 heavy (non-hydrogen) atoms. The van der Waals surface area contributed by atoms with E-state index in [1.165, 1.54) is 5.56 Å². The molecule has 0 bridgehead atoms. The quantitative estimate of drug-likeness (QED) is 0.493. The summed E-state index contributed by atoms with van der Waals surface area (Å²) in [5.41, 5.74) is 5.70. The van der Waals surface area contributed by atoms with Crippen molar-refractivity contribution in [3.63, 3.8) is 0 Å². The Bertz CT molecular complexity index is 855. The van der Waals surface area contributed by atoms with Gasteiger partial charge in [-0.15, -0.1) is 5.10 Å². The Kier molecular flexibility index (Phi) is 5.38. The van der Waals surface area contributed by atoms with Crippen molar-refractivity contribution in [2.45, 2.75) is 32.9 Å². The lowest BCUT2D eigenvalue weighted by atomic mass is 10.1. The minimum Gasteiger partial charge on any atom is -0.492 e. The summed E-state index contributed by atoms with van der Waals surface area (Å²) in [7, 11) is 0. The first-order chi connectivity index (χ1) is 12.1. The van der Waals surface area contributed by atoms with Crippen molar-refractivity contribution in [2.24, 2.45) is 0 Å². The van der Waals surface area contributed by atoms with Crippen LogP contribution in [0.25, 0.3) is 5.69 Å². The summed E-state index contributed by atoms with van der Waals surface area (Å²) < 4.78 is 7.72. The molecular formula is C19H22N4OS. The predicted octanol–water partition coefficient (Wildman–Crippen LogP) is 4.07. The molecule has 0 aliphatic carbocycles. The third-order valence-electron chi connectivity index (χ3n) is 4.01. The Morgan fingerprint density at radius 1 is 1.00 bits per heavy atom. The van der Waals surface area contributed by atoms with Crippen LogP contribution >= 0.6 is 11.8 Å². The van der Waals surface area contributed by atoms with Crippen molar-refractivity contribution in [3.8, 4) is 11.4 Å². The molecule has 6 heteroatoms. The van der Waals surface area contributed by atoms with E-state index in [0.29, 0.717) is 6.61 Å². The van der Waals surface area contributed by atoms with Gasteiger partial charge >= 0.3 is 0 Å². The van der Waals surface area contributed by atoms with Crippen LogP contribution in [0.2, 0.25) is 0 Å². The highest BCUT2D eigenvalue weighted by Crippen LogP contribution is 2.24. The molecule has 0 fully saturated rings. The topological polar surface area (TPSA) is 52.8 Å². The van der Waals surface area contributed by atoms with Crippen molar-refractivity contribution in [1.82, 2.24) is 20.2 Å². The molecule has 0 amide bonds. The summed E-state index contributed by atoms with van der Waals surface area (Å²) in [4.78, 5) is 0. The molecule has 0 aliphatic rings. The van der Waals surface area contributed by atoms with Crippen LogP contribution in [0.4, 0.5) is 0 Å². The Morgan fingerprint density at radius 3 is 2.52 bits per heavy atom. The molecular weight excluding hydrogens is 332 g/mol. The molecule has 0 spiro atoms. The van der Waals surface area contributed by atoms with Gasteiger partial charge in [-0.1, -0.05) is 42.1 Å². The lowest BCUT2D eigenvalue weighted by Crippen LogP contribution is -2.06. The van der Waals surface area contributed by atoms with Gasteiger partial charge in [0.15, 0.2) is 0 Å². The number of thioether (sulfide) groups is 1. The molecule has 1 heterocycles. The molecule has 0 saturated heterocycles. The number of nitrogens with zero attached hydrogens (tertiary/aromatic N) is 4. The lowest BCUT2D eigenvalue weighted by molar-refractivity contribution is 0.341. The van der Waals surface area contributed by atoms with E-state index in [9.17, 15) is 0 Å². The zero-order valence-corrected chi connectivity index (χ0v) is 15.8. The van der Waals surface area contributed by atoms with Gasteiger partial charge in [0.25, 0.3) is 0 Å². The molecule has 0 N–H and O–H groups in total. The van der Waals surface area contributed by atoms with E-state index in [4.69, 9.17) is 4.74 Å². The van der Waals surface area contributed by atoms with Crippen molar-refractivity contribution < 1.29 is 4.74 Å². The zero-order chi connectivity index (χ0) is 17.8. The van der Waals surface area contributed by atoms with Gasteiger partial charge in [0.05, 0.1) is 12.3 Å². The van der Waals surface area contributed by atoms with Crippen molar-refractivity contribution in [3.05, 3.63) is 58.7 Å². The summed E-state index contributed by atoms with van der Waals surface area (Å²) in [5.74, 6) is 1.72. The van der Waals surface area contributed by atoms with Crippen LogP contribution < -0.4 is 4.74 Å².